The van der Waals surface area contributed by atoms with Crippen LogP contribution in [0, 0.1) is 0 Å². The molecule has 0 aliphatic heterocycles. The molecule has 0 unspecified atom stereocenters. The highest BCUT2D eigenvalue weighted by atomic mass is 16.4. The van der Waals surface area contributed by atoms with Crippen LogP contribution < -0.4 is 0 Å². The van der Waals surface area contributed by atoms with Crippen LogP contribution in [0.2, 0.25) is 0 Å². The minimum absolute atomic E-state index is 0.205. The molecule has 0 aromatic heterocycles. The average molecular weight is 338 g/mol. The molecule has 0 spiro atoms. The first-order valence-electron chi connectivity index (χ1n) is 8.94. The van der Waals surface area contributed by atoms with Gasteiger partial charge < -0.3 is 5.11 Å². The summed E-state index contributed by atoms with van der Waals surface area (Å²) >= 11 is 0. The number of carboxylic acid groups (broad SMARTS) is 1. The zero-order valence-corrected chi connectivity index (χ0v) is 16.3. The lowest BCUT2D eigenvalue weighted by molar-refractivity contribution is -0.131. The number of benzene rings is 1. The lowest BCUT2D eigenvalue weighted by Crippen LogP contribution is -2.33. The van der Waals surface area contributed by atoms with Crippen molar-refractivity contribution in [1.29, 1.82) is 0 Å². The number of aliphatic carboxylic acids is 1. The fourth-order valence-corrected chi connectivity index (χ4v) is 3.44. The Kier molecular flexibility index (Phi) is 5.41. The second kappa shape index (κ2) is 7.03. The Morgan fingerprint density at radius 3 is 2.16 bits per heavy atom. The van der Waals surface area contributed by atoms with E-state index in [2.05, 4.69) is 58.9 Å². The Balaban J connectivity index is 2.37. The predicted octanol–water partition coefficient (Wildman–Crippen LogP) is 6.03. The first-order chi connectivity index (χ1) is 11.5. The van der Waals surface area contributed by atoms with Crippen molar-refractivity contribution in [3.63, 3.8) is 0 Å². The summed E-state index contributed by atoms with van der Waals surface area (Å²) in [5, 5.41) is 8.69. The maximum Gasteiger partial charge on any atom is 0.328 e. The number of carbonyl (C=O) groups is 1. The molecule has 0 fully saturated rings. The highest BCUT2D eigenvalue weighted by Crippen LogP contribution is 2.46. The van der Waals surface area contributed by atoms with Gasteiger partial charge in [0.1, 0.15) is 0 Å². The van der Waals surface area contributed by atoms with E-state index >= 15 is 0 Å². The summed E-state index contributed by atoms with van der Waals surface area (Å²) in [5.41, 5.74) is 6.70. The van der Waals surface area contributed by atoms with Crippen molar-refractivity contribution in [3.05, 3.63) is 64.8 Å². The molecule has 0 heterocycles. The fraction of sp³-hybridized carbons (Fsp3) is 0.435. The number of rotatable bonds is 4. The summed E-state index contributed by atoms with van der Waals surface area (Å²) in [5.74, 6) is -0.923. The van der Waals surface area contributed by atoms with Gasteiger partial charge in [-0.25, -0.2) is 4.79 Å². The van der Waals surface area contributed by atoms with Gasteiger partial charge in [0.25, 0.3) is 0 Å². The van der Waals surface area contributed by atoms with Crippen molar-refractivity contribution in [3.8, 4) is 0 Å². The normalized spacial score (nSPS) is 19.8. The van der Waals surface area contributed by atoms with Crippen molar-refractivity contribution in [1.82, 2.24) is 0 Å². The van der Waals surface area contributed by atoms with Crippen LogP contribution in [0.15, 0.2) is 48.1 Å². The third kappa shape index (κ3) is 4.50. The number of fused-ring (bicyclic) bond motifs is 1. The van der Waals surface area contributed by atoms with Crippen LogP contribution in [0.25, 0.3) is 5.57 Å². The van der Waals surface area contributed by atoms with Gasteiger partial charge in [0.05, 0.1) is 0 Å². The van der Waals surface area contributed by atoms with Crippen LogP contribution in [0.5, 0.6) is 0 Å². The Morgan fingerprint density at radius 2 is 1.56 bits per heavy atom. The van der Waals surface area contributed by atoms with Gasteiger partial charge in [0.15, 0.2) is 0 Å². The molecule has 134 valence electrons. The smallest absolute Gasteiger partial charge is 0.328 e. The molecular weight excluding hydrogens is 308 g/mol. The summed E-state index contributed by atoms with van der Waals surface area (Å²) in [6.45, 7) is 13.4. The van der Waals surface area contributed by atoms with Crippen LogP contribution in [0.1, 0.15) is 71.1 Å². The Hall–Kier alpha value is -2.09. The number of hydrogen-bond acceptors (Lipinski definition) is 1. The number of allylic oxidation sites excluding steroid dienone is 5. The quantitative estimate of drug-likeness (QED) is 0.538. The zero-order valence-electron chi connectivity index (χ0n) is 16.3. The monoisotopic (exact) mass is 338 g/mol. The number of carboxylic acids is 1. The molecule has 25 heavy (non-hydrogen) atoms. The van der Waals surface area contributed by atoms with Gasteiger partial charge in [0.2, 0.25) is 0 Å². The summed E-state index contributed by atoms with van der Waals surface area (Å²) in [6.07, 6.45) is 9.23. The van der Waals surface area contributed by atoms with Crippen LogP contribution in [-0.4, -0.2) is 11.1 Å². The van der Waals surface area contributed by atoms with Gasteiger partial charge >= 0.3 is 5.97 Å². The molecule has 0 saturated carbocycles. The molecule has 0 radical (unpaired) electrons. The molecule has 1 N–H and O–H groups in total. The third-order valence-electron chi connectivity index (χ3n) is 5.39. The van der Waals surface area contributed by atoms with E-state index in [1.54, 1.807) is 6.08 Å². The Morgan fingerprint density at radius 1 is 0.960 bits per heavy atom. The summed E-state index contributed by atoms with van der Waals surface area (Å²) in [4.78, 5) is 10.6. The van der Waals surface area contributed by atoms with Crippen molar-refractivity contribution in [2.75, 3.05) is 0 Å². The largest absolute Gasteiger partial charge is 0.478 e. The highest BCUT2D eigenvalue weighted by molar-refractivity contribution is 5.80. The summed E-state index contributed by atoms with van der Waals surface area (Å²) < 4.78 is 0. The maximum atomic E-state index is 10.6. The lowest BCUT2D eigenvalue weighted by atomic mass is 9.63. The minimum Gasteiger partial charge on any atom is -0.478 e. The van der Waals surface area contributed by atoms with E-state index in [-0.39, 0.29) is 10.8 Å². The van der Waals surface area contributed by atoms with E-state index in [0.717, 1.165) is 5.57 Å². The van der Waals surface area contributed by atoms with Crippen LogP contribution in [-0.2, 0) is 15.6 Å². The van der Waals surface area contributed by atoms with E-state index in [1.807, 2.05) is 13.0 Å². The molecule has 1 aromatic carbocycles. The Bertz CT molecular complexity index is 758. The summed E-state index contributed by atoms with van der Waals surface area (Å²) in [7, 11) is 0. The van der Waals surface area contributed by atoms with Crippen LogP contribution in [0.4, 0.5) is 0 Å². The molecule has 1 aliphatic rings. The van der Waals surface area contributed by atoms with Gasteiger partial charge in [-0.3, -0.25) is 0 Å². The first kappa shape index (κ1) is 19.2. The SMILES string of the molecule is CC(/C=C/C(=O)O)=C\C=C(/C)c1ccc2c(c1)C(C)(C)CCC2(C)C. The van der Waals surface area contributed by atoms with E-state index in [4.69, 9.17) is 5.11 Å². The van der Waals surface area contributed by atoms with E-state index < -0.39 is 5.97 Å². The van der Waals surface area contributed by atoms with Crippen molar-refractivity contribution in [2.24, 2.45) is 0 Å². The van der Waals surface area contributed by atoms with Gasteiger partial charge in [-0.15, -0.1) is 0 Å². The minimum atomic E-state index is -0.923. The maximum absolute atomic E-state index is 10.6. The molecule has 0 atom stereocenters. The van der Waals surface area contributed by atoms with Gasteiger partial charge in [0, 0.05) is 6.08 Å². The van der Waals surface area contributed by atoms with Crippen molar-refractivity contribution < 1.29 is 9.90 Å². The molecular formula is C23H30O2. The summed E-state index contributed by atoms with van der Waals surface area (Å²) in [6, 6.07) is 6.85. The average Bonchev–Trinajstić information content (AvgIpc) is 2.54. The van der Waals surface area contributed by atoms with E-state index in [9.17, 15) is 4.79 Å². The van der Waals surface area contributed by atoms with Gasteiger partial charge in [-0.2, -0.15) is 0 Å². The molecule has 2 nitrogen and oxygen atoms in total. The Labute approximate surface area is 152 Å². The molecule has 0 amide bonds. The van der Waals surface area contributed by atoms with Crippen LogP contribution in [0.3, 0.4) is 0 Å². The van der Waals surface area contributed by atoms with E-state index in [1.165, 1.54) is 41.2 Å². The fourth-order valence-electron chi connectivity index (χ4n) is 3.44. The van der Waals surface area contributed by atoms with Gasteiger partial charge in [-0.05, 0) is 59.8 Å². The second-order valence-corrected chi connectivity index (χ2v) is 8.46. The topological polar surface area (TPSA) is 37.3 Å². The molecule has 0 bridgehead atoms. The predicted molar refractivity (Wildman–Crippen MR) is 106 cm³/mol. The lowest BCUT2D eigenvalue weighted by Gasteiger charge is -2.42. The highest BCUT2D eigenvalue weighted by Gasteiger charge is 2.36. The second-order valence-electron chi connectivity index (χ2n) is 8.46. The molecule has 1 aliphatic carbocycles. The molecule has 1 aromatic rings. The molecule has 0 saturated heterocycles. The van der Waals surface area contributed by atoms with Gasteiger partial charge in [-0.1, -0.05) is 69.7 Å². The van der Waals surface area contributed by atoms with Crippen molar-refractivity contribution in [2.45, 2.75) is 65.2 Å². The standard InChI is InChI=1S/C23H30O2/c1-16(8-12-21(24)25)7-9-17(2)18-10-11-19-20(15-18)23(5,6)14-13-22(19,3)4/h7-12,15H,13-14H2,1-6H3,(H,24,25)/b12-8+,16-7+,17-9+. The first-order valence-corrected chi connectivity index (χ1v) is 8.94. The van der Waals surface area contributed by atoms with E-state index in [0.29, 0.717) is 0 Å². The third-order valence-corrected chi connectivity index (χ3v) is 5.39. The molecule has 2 rings (SSSR count). The molecule has 2 heteroatoms. The van der Waals surface area contributed by atoms with Crippen molar-refractivity contribution >= 4 is 11.5 Å². The van der Waals surface area contributed by atoms with Crippen LogP contribution >= 0.6 is 0 Å². The zero-order chi connectivity index (χ0) is 18.8. The number of hydrogen-bond donors (Lipinski definition) is 1.